The lowest BCUT2D eigenvalue weighted by atomic mass is 10.0. The SMILES string of the molecule is O=C(O)[C@H]1CC(=O)N(c2ccc3nc(-c4cccc5ccccc45)oc3c2)C1. The van der Waals surface area contributed by atoms with Crippen molar-refractivity contribution in [2.45, 2.75) is 6.42 Å². The van der Waals surface area contributed by atoms with E-state index in [-0.39, 0.29) is 18.9 Å². The minimum Gasteiger partial charge on any atom is -0.481 e. The van der Waals surface area contributed by atoms with Crippen molar-refractivity contribution in [1.82, 2.24) is 4.98 Å². The lowest BCUT2D eigenvalue weighted by Gasteiger charge is -2.15. The number of carbonyl (C=O) groups excluding carboxylic acids is 1. The zero-order valence-corrected chi connectivity index (χ0v) is 14.8. The van der Waals surface area contributed by atoms with Crippen molar-refractivity contribution >= 4 is 39.4 Å². The molecule has 0 radical (unpaired) electrons. The molecule has 0 saturated carbocycles. The molecule has 1 aromatic heterocycles. The number of aliphatic carboxylic acids is 1. The smallest absolute Gasteiger partial charge is 0.308 e. The lowest BCUT2D eigenvalue weighted by Crippen LogP contribution is -2.25. The fourth-order valence-electron chi connectivity index (χ4n) is 3.73. The predicted molar refractivity (Wildman–Crippen MR) is 105 cm³/mol. The highest BCUT2D eigenvalue weighted by Crippen LogP contribution is 2.33. The Balaban J connectivity index is 1.56. The second-order valence-corrected chi connectivity index (χ2v) is 6.94. The molecule has 2 heterocycles. The van der Waals surface area contributed by atoms with Crippen LogP contribution in [-0.4, -0.2) is 28.5 Å². The normalized spacial score (nSPS) is 16.9. The van der Waals surface area contributed by atoms with Crippen molar-refractivity contribution in [2.75, 3.05) is 11.4 Å². The Labute approximate surface area is 160 Å². The van der Waals surface area contributed by atoms with Gasteiger partial charge in [0.15, 0.2) is 5.58 Å². The van der Waals surface area contributed by atoms with Crippen LogP contribution in [-0.2, 0) is 9.59 Å². The average Bonchev–Trinajstić information content (AvgIpc) is 3.30. The fourth-order valence-corrected chi connectivity index (χ4v) is 3.73. The Kier molecular flexibility index (Phi) is 3.65. The molecule has 1 fully saturated rings. The number of hydrogen-bond donors (Lipinski definition) is 1. The number of aromatic nitrogens is 1. The lowest BCUT2D eigenvalue weighted by molar-refractivity contribution is -0.141. The van der Waals surface area contributed by atoms with E-state index in [1.807, 2.05) is 42.5 Å². The Morgan fingerprint density at radius 1 is 1.11 bits per heavy atom. The van der Waals surface area contributed by atoms with Gasteiger partial charge in [0.1, 0.15) is 5.52 Å². The number of carboxylic acids is 1. The summed E-state index contributed by atoms with van der Waals surface area (Å²) in [6, 6.07) is 19.3. The molecule has 28 heavy (non-hydrogen) atoms. The number of anilines is 1. The molecule has 1 aliphatic rings. The number of oxazole rings is 1. The molecule has 6 heteroatoms. The summed E-state index contributed by atoms with van der Waals surface area (Å²) in [5.74, 6) is -1.31. The molecular weight excluding hydrogens is 356 g/mol. The summed E-state index contributed by atoms with van der Waals surface area (Å²) in [7, 11) is 0. The van der Waals surface area contributed by atoms with Crippen LogP contribution >= 0.6 is 0 Å². The van der Waals surface area contributed by atoms with E-state index >= 15 is 0 Å². The van der Waals surface area contributed by atoms with Crippen LogP contribution in [0.4, 0.5) is 5.69 Å². The molecule has 6 nitrogen and oxygen atoms in total. The van der Waals surface area contributed by atoms with E-state index in [0.717, 1.165) is 16.3 Å². The van der Waals surface area contributed by atoms with Gasteiger partial charge < -0.3 is 14.4 Å². The van der Waals surface area contributed by atoms with Crippen LogP contribution in [0, 0.1) is 5.92 Å². The molecule has 1 saturated heterocycles. The molecule has 1 N–H and O–H groups in total. The summed E-state index contributed by atoms with van der Waals surface area (Å²) in [6.45, 7) is 0.171. The predicted octanol–water partition coefficient (Wildman–Crippen LogP) is 4.09. The Morgan fingerprint density at radius 2 is 1.93 bits per heavy atom. The maximum absolute atomic E-state index is 12.2. The van der Waals surface area contributed by atoms with E-state index in [0.29, 0.717) is 22.7 Å². The highest BCUT2D eigenvalue weighted by Gasteiger charge is 2.35. The number of amides is 1. The second-order valence-electron chi connectivity index (χ2n) is 6.94. The summed E-state index contributed by atoms with van der Waals surface area (Å²) in [5.41, 5.74) is 2.78. The molecule has 1 aliphatic heterocycles. The zero-order chi connectivity index (χ0) is 19.3. The highest BCUT2D eigenvalue weighted by atomic mass is 16.4. The van der Waals surface area contributed by atoms with Gasteiger partial charge in [-0.15, -0.1) is 0 Å². The van der Waals surface area contributed by atoms with E-state index in [9.17, 15) is 14.7 Å². The number of rotatable bonds is 3. The standard InChI is InChI=1S/C22H16N2O4/c25-20-10-14(22(26)27)12-24(20)15-8-9-18-19(11-15)28-21(23-18)17-7-3-5-13-4-1-2-6-16(13)17/h1-9,11,14H,10,12H2,(H,26,27)/t14-/m0/s1. The third-order valence-electron chi connectivity index (χ3n) is 5.18. The molecule has 0 aliphatic carbocycles. The van der Waals surface area contributed by atoms with Crippen LogP contribution in [0.25, 0.3) is 33.3 Å². The third kappa shape index (κ3) is 2.62. The van der Waals surface area contributed by atoms with Gasteiger partial charge in [-0.2, -0.15) is 0 Å². The minimum atomic E-state index is -0.949. The Morgan fingerprint density at radius 3 is 2.75 bits per heavy atom. The number of carbonyl (C=O) groups is 2. The number of hydrogen-bond acceptors (Lipinski definition) is 4. The number of benzene rings is 3. The van der Waals surface area contributed by atoms with Gasteiger partial charge in [-0.1, -0.05) is 36.4 Å². The van der Waals surface area contributed by atoms with E-state index in [1.165, 1.54) is 4.90 Å². The molecule has 138 valence electrons. The molecule has 1 amide bonds. The topological polar surface area (TPSA) is 83.6 Å². The first-order valence-electron chi connectivity index (χ1n) is 9.02. The van der Waals surface area contributed by atoms with Gasteiger partial charge in [-0.25, -0.2) is 4.98 Å². The molecular formula is C22H16N2O4. The van der Waals surface area contributed by atoms with Crippen LogP contribution in [0.3, 0.4) is 0 Å². The third-order valence-corrected chi connectivity index (χ3v) is 5.18. The van der Waals surface area contributed by atoms with Gasteiger partial charge in [0.25, 0.3) is 0 Å². The quantitative estimate of drug-likeness (QED) is 0.586. The Bertz CT molecular complexity index is 1240. The summed E-state index contributed by atoms with van der Waals surface area (Å²) in [6.07, 6.45) is 0.0189. The average molecular weight is 372 g/mol. The first kappa shape index (κ1) is 16.5. The summed E-state index contributed by atoms with van der Waals surface area (Å²) >= 11 is 0. The van der Waals surface area contributed by atoms with E-state index < -0.39 is 11.9 Å². The van der Waals surface area contributed by atoms with Crippen molar-refractivity contribution in [3.8, 4) is 11.5 Å². The van der Waals surface area contributed by atoms with Crippen molar-refractivity contribution in [3.63, 3.8) is 0 Å². The van der Waals surface area contributed by atoms with Gasteiger partial charge in [-0.05, 0) is 29.0 Å². The van der Waals surface area contributed by atoms with Gasteiger partial charge in [-0.3, -0.25) is 9.59 Å². The van der Waals surface area contributed by atoms with Gasteiger partial charge in [0, 0.05) is 30.3 Å². The zero-order valence-electron chi connectivity index (χ0n) is 14.8. The second kappa shape index (κ2) is 6.20. The molecule has 4 aromatic rings. The van der Waals surface area contributed by atoms with E-state index in [4.69, 9.17) is 4.42 Å². The molecule has 0 unspecified atom stereocenters. The maximum Gasteiger partial charge on any atom is 0.308 e. The van der Waals surface area contributed by atoms with Gasteiger partial charge in [0.2, 0.25) is 11.8 Å². The van der Waals surface area contributed by atoms with Gasteiger partial charge >= 0.3 is 5.97 Å². The molecule has 3 aromatic carbocycles. The van der Waals surface area contributed by atoms with E-state index in [1.54, 1.807) is 18.2 Å². The molecule has 1 atom stereocenters. The van der Waals surface area contributed by atoms with Crippen LogP contribution in [0.5, 0.6) is 0 Å². The maximum atomic E-state index is 12.2. The number of fused-ring (bicyclic) bond motifs is 2. The van der Waals surface area contributed by atoms with Crippen molar-refractivity contribution in [2.24, 2.45) is 5.92 Å². The first-order valence-corrected chi connectivity index (χ1v) is 9.02. The van der Waals surface area contributed by atoms with Crippen molar-refractivity contribution in [3.05, 3.63) is 60.7 Å². The van der Waals surface area contributed by atoms with Crippen LogP contribution in [0.15, 0.2) is 65.1 Å². The Hall–Kier alpha value is -3.67. The summed E-state index contributed by atoms with van der Waals surface area (Å²) in [4.78, 5) is 29.5. The number of nitrogens with zero attached hydrogens (tertiary/aromatic N) is 2. The van der Waals surface area contributed by atoms with E-state index in [2.05, 4.69) is 4.98 Å². The number of carboxylic acid groups (broad SMARTS) is 1. The largest absolute Gasteiger partial charge is 0.481 e. The van der Waals surface area contributed by atoms with Crippen molar-refractivity contribution in [1.29, 1.82) is 0 Å². The molecule has 0 bridgehead atoms. The van der Waals surface area contributed by atoms with Crippen molar-refractivity contribution < 1.29 is 19.1 Å². The molecule has 0 spiro atoms. The van der Waals surface area contributed by atoms with Crippen LogP contribution in [0.1, 0.15) is 6.42 Å². The monoisotopic (exact) mass is 372 g/mol. The molecule has 5 rings (SSSR count). The summed E-state index contributed by atoms with van der Waals surface area (Å²) < 4.78 is 6.01. The van der Waals surface area contributed by atoms with Gasteiger partial charge in [0.05, 0.1) is 5.92 Å². The fraction of sp³-hybridized carbons (Fsp3) is 0.136. The van der Waals surface area contributed by atoms with Crippen LogP contribution < -0.4 is 4.90 Å². The minimum absolute atomic E-state index is 0.0189. The highest BCUT2D eigenvalue weighted by molar-refractivity contribution is 6.00. The first-order chi connectivity index (χ1) is 13.6. The summed E-state index contributed by atoms with van der Waals surface area (Å²) in [5, 5.41) is 11.3. The van der Waals surface area contributed by atoms with Crippen LogP contribution in [0.2, 0.25) is 0 Å².